The van der Waals surface area contributed by atoms with Crippen molar-refractivity contribution >= 4 is 21.6 Å². The lowest BCUT2D eigenvalue weighted by molar-refractivity contribution is -0.118. The van der Waals surface area contributed by atoms with E-state index in [-0.39, 0.29) is 5.91 Å². The van der Waals surface area contributed by atoms with Crippen molar-refractivity contribution < 1.29 is 22.7 Å². The predicted octanol–water partition coefficient (Wildman–Crippen LogP) is 3.49. The molecule has 180 valence electrons. The highest BCUT2D eigenvalue weighted by atomic mass is 32.2. The monoisotopic (exact) mass is 483 g/mol. The lowest BCUT2D eigenvalue weighted by Gasteiger charge is -2.30. The number of aryl methyl sites for hydroxylation is 1. The van der Waals surface area contributed by atoms with Gasteiger partial charge in [-0.15, -0.1) is 0 Å². The number of methoxy groups -OCH3 is 1. The summed E-state index contributed by atoms with van der Waals surface area (Å²) in [5.74, 6) is 1.01. The lowest BCUT2D eigenvalue weighted by Crippen LogP contribution is -2.36. The summed E-state index contributed by atoms with van der Waals surface area (Å²) < 4.78 is 38.4. The summed E-state index contributed by atoms with van der Waals surface area (Å²) >= 11 is 0. The number of hydrogen-bond acceptors (Lipinski definition) is 6. The van der Waals surface area contributed by atoms with Gasteiger partial charge in [0.25, 0.3) is 0 Å². The van der Waals surface area contributed by atoms with E-state index < -0.39 is 10.0 Å². The molecule has 0 aliphatic carbocycles. The Bertz CT molecular complexity index is 1200. The molecule has 0 saturated carbocycles. The molecule has 34 heavy (non-hydrogen) atoms. The topological polar surface area (TPSA) is 99.9 Å². The number of amides is 1. The number of carbonyl (C=O) groups is 1. The van der Waals surface area contributed by atoms with Crippen LogP contribution in [-0.2, 0) is 21.2 Å². The molecule has 0 spiro atoms. The van der Waals surface area contributed by atoms with Crippen molar-refractivity contribution in [3.05, 3.63) is 47.5 Å². The minimum Gasteiger partial charge on any atom is -0.493 e. The Hall–Kier alpha value is -3.09. The van der Waals surface area contributed by atoms with E-state index in [1.54, 1.807) is 45.6 Å². The molecule has 1 fully saturated rings. The van der Waals surface area contributed by atoms with Crippen LogP contribution < -0.4 is 14.4 Å². The van der Waals surface area contributed by atoms with E-state index in [1.165, 1.54) is 7.11 Å². The van der Waals surface area contributed by atoms with Crippen LogP contribution in [0.1, 0.15) is 43.2 Å². The summed E-state index contributed by atoms with van der Waals surface area (Å²) in [6.07, 6.45) is 4.18. The van der Waals surface area contributed by atoms with Crippen molar-refractivity contribution in [3.63, 3.8) is 0 Å². The van der Waals surface area contributed by atoms with Gasteiger partial charge in [0.2, 0.25) is 15.9 Å². The van der Waals surface area contributed by atoms with Crippen LogP contribution in [0.2, 0.25) is 0 Å². The molecule has 9 heteroatoms. The van der Waals surface area contributed by atoms with E-state index in [1.807, 2.05) is 0 Å². The molecule has 0 aromatic heterocycles. The van der Waals surface area contributed by atoms with Gasteiger partial charge >= 0.3 is 0 Å². The van der Waals surface area contributed by atoms with E-state index >= 15 is 0 Å². The molecule has 0 radical (unpaired) electrons. The van der Waals surface area contributed by atoms with Crippen molar-refractivity contribution in [2.24, 2.45) is 0 Å². The van der Waals surface area contributed by atoms with E-state index in [2.05, 4.69) is 6.07 Å². The Labute approximate surface area is 200 Å². The Balaban J connectivity index is 1.37. The van der Waals surface area contributed by atoms with Crippen molar-refractivity contribution in [2.75, 3.05) is 38.3 Å². The molecule has 0 unspecified atom stereocenters. The molecular weight excluding hydrogens is 454 g/mol. The van der Waals surface area contributed by atoms with Gasteiger partial charge < -0.3 is 14.4 Å². The number of fused-ring (bicyclic) bond motifs is 1. The number of ether oxygens (including phenoxy) is 2. The van der Waals surface area contributed by atoms with Crippen molar-refractivity contribution in [2.45, 2.75) is 43.4 Å². The van der Waals surface area contributed by atoms with Crippen LogP contribution in [0, 0.1) is 11.3 Å². The first-order chi connectivity index (χ1) is 16.4. The molecule has 1 amide bonds. The van der Waals surface area contributed by atoms with Gasteiger partial charge in [-0.25, -0.2) is 8.42 Å². The van der Waals surface area contributed by atoms with E-state index in [0.717, 1.165) is 36.9 Å². The molecule has 8 nitrogen and oxygen atoms in total. The maximum absolute atomic E-state index is 13.0. The maximum Gasteiger partial charge on any atom is 0.243 e. The van der Waals surface area contributed by atoms with Crippen LogP contribution in [-0.4, -0.2) is 52.0 Å². The zero-order valence-electron chi connectivity index (χ0n) is 19.3. The minimum absolute atomic E-state index is 0.00788. The third kappa shape index (κ3) is 5.03. The van der Waals surface area contributed by atoms with Crippen LogP contribution >= 0.6 is 0 Å². The summed E-state index contributed by atoms with van der Waals surface area (Å²) in [6, 6.07) is 12.2. The lowest BCUT2D eigenvalue weighted by atomic mass is 10.0. The number of carbonyl (C=O) groups excluding carboxylic acids is 1. The van der Waals surface area contributed by atoms with Crippen LogP contribution in [0.5, 0.6) is 11.5 Å². The summed E-state index contributed by atoms with van der Waals surface area (Å²) in [7, 11) is -1.96. The molecule has 0 atom stereocenters. The maximum atomic E-state index is 13.0. The van der Waals surface area contributed by atoms with E-state index in [9.17, 15) is 13.2 Å². The van der Waals surface area contributed by atoms with Gasteiger partial charge in [-0.05, 0) is 68.0 Å². The number of sulfonamides is 1. The van der Waals surface area contributed by atoms with Crippen LogP contribution in [0.15, 0.2) is 41.3 Å². The average Bonchev–Trinajstić information content (AvgIpc) is 3.42. The largest absolute Gasteiger partial charge is 0.493 e. The van der Waals surface area contributed by atoms with Gasteiger partial charge in [0, 0.05) is 37.8 Å². The van der Waals surface area contributed by atoms with Crippen molar-refractivity contribution in [3.8, 4) is 17.6 Å². The third-order valence-corrected chi connectivity index (χ3v) is 8.15. The van der Waals surface area contributed by atoms with Crippen LogP contribution in [0.3, 0.4) is 0 Å². The van der Waals surface area contributed by atoms with Crippen LogP contribution in [0.4, 0.5) is 5.69 Å². The Morgan fingerprint density at radius 2 is 1.85 bits per heavy atom. The zero-order chi connectivity index (χ0) is 24.1. The fraction of sp³-hybridized carbons (Fsp3) is 0.440. The van der Waals surface area contributed by atoms with Gasteiger partial charge in [0.05, 0.1) is 30.2 Å². The second-order valence-corrected chi connectivity index (χ2v) is 10.4. The second kappa shape index (κ2) is 10.5. The normalized spacial score (nSPS) is 16.1. The molecule has 4 rings (SSSR count). The molecule has 0 N–H and O–H groups in total. The number of hydrogen-bond donors (Lipinski definition) is 0. The molecule has 1 saturated heterocycles. The zero-order valence-corrected chi connectivity index (χ0v) is 20.1. The highest BCUT2D eigenvalue weighted by Gasteiger charge is 2.29. The van der Waals surface area contributed by atoms with Gasteiger partial charge in [-0.2, -0.15) is 9.57 Å². The second-order valence-electron chi connectivity index (χ2n) is 8.48. The number of nitrogens with zero attached hydrogens (tertiary/aromatic N) is 3. The number of benzene rings is 2. The Kier molecular flexibility index (Phi) is 7.39. The van der Waals surface area contributed by atoms with Gasteiger partial charge in [0.1, 0.15) is 0 Å². The third-order valence-electron chi connectivity index (χ3n) is 6.26. The van der Waals surface area contributed by atoms with E-state index in [0.29, 0.717) is 61.0 Å². The minimum atomic E-state index is -3.48. The van der Waals surface area contributed by atoms with Crippen LogP contribution in [0.25, 0.3) is 0 Å². The number of rotatable bonds is 8. The quantitative estimate of drug-likeness (QED) is 0.533. The number of nitriles is 1. The van der Waals surface area contributed by atoms with E-state index in [4.69, 9.17) is 14.7 Å². The molecule has 2 aliphatic heterocycles. The number of anilines is 1. The van der Waals surface area contributed by atoms with Gasteiger partial charge in [-0.1, -0.05) is 0 Å². The fourth-order valence-electron chi connectivity index (χ4n) is 4.47. The molecule has 2 aromatic carbocycles. The van der Waals surface area contributed by atoms with Crippen molar-refractivity contribution in [1.29, 1.82) is 5.26 Å². The fourth-order valence-corrected chi connectivity index (χ4v) is 6.04. The first-order valence-electron chi connectivity index (χ1n) is 11.6. The molecular formula is C25H29N3O5S. The standard InChI is InChI=1S/C25H29N3O5S/c1-32-24-16-19(18-26)8-11-23(24)33-15-5-7-25(29)28-14-4-6-20-17-21(9-10-22(20)28)34(30,31)27-12-2-3-13-27/h8-11,16-17H,2-7,12-15H2,1H3. The molecule has 0 bridgehead atoms. The Morgan fingerprint density at radius 1 is 1.06 bits per heavy atom. The SMILES string of the molecule is COc1cc(C#N)ccc1OCCCC(=O)N1CCCc2cc(S(=O)(=O)N3CCCC3)ccc21. The summed E-state index contributed by atoms with van der Waals surface area (Å²) in [5.41, 5.74) is 2.18. The molecule has 2 aromatic rings. The average molecular weight is 484 g/mol. The van der Waals surface area contributed by atoms with Crippen molar-refractivity contribution in [1.82, 2.24) is 4.31 Å². The summed E-state index contributed by atoms with van der Waals surface area (Å²) in [6.45, 7) is 2.09. The first-order valence-corrected chi connectivity index (χ1v) is 13.0. The summed E-state index contributed by atoms with van der Waals surface area (Å²) in [5, 5.41) is 9.00. The highest BCUT2D eigenvalue weighted by Crippen LogP contribution is 2.32. The first kappa shape index (κ1) is 24.0. The highest BCUT2D eigenvalue weighted by molar-refractivity contribution is 7.89. The van der Waals surface area contributed by atoms with Gasteiger partial charge in [0.15, 0.2) is 11.5 Å². The molecule has 2 heterocycles. The predicted molar refractivity (Wildman–Crippen MR) is 128 cm³/mol. The molecule has 2 aliphatic rings. The Morgan fingerprint density at radius 3 is 2.59 bits per heavy atom. The smallest absolute Gasteiger partial charge is 0.243 e. The summed E-state index contributed by atoms with van der Waals surface area (Å²) in [4.78, 5) is 15.0. The van der Waals surface area contributed by atoms with Gasteiger partial charge in [-0.3, -0.25) is 4.79 Å².